The number of aromatic nitrogens is 5. The second kappa shape index (κ2) is 9.89. The van der Waals surface area contributed by atoms with Crippen LogP contribution in [-0.4, -0.2) is 36.3 Å². The smallest absolute Gasteiger partial charge is 0.196 e. The number of hydrogen-bond acceptors (Lipinski definition) is 7. The number of nitrogens with zero attached hydrogens (tertiary/aromatic N) is 5. The molecule has 6 nitrogen and oxygen atoms in total. The lowest BCUT2D eigenvalue weighted by Crippen LogP contribution is -2.05. The molecule has 0 saturated carbocycles. The van der Waals surface area contributed by atoms with Crippen LogP contribution < -0.4 is 0 Å². The normalized spacial score (nSPS) is 10.9. The molecule has 0 fully saturated rings. The minimum absolute atomic E-state index is 0.0628. The monoisotopic (exact) mass is 447 g/mol. The molecule has 4 rings (SSSR count). The number of hydrogen-bond donors (Lipinski definition) is 0. The van der Waals surface area contributed by atoms with Crippen LogP contribution in [0.4, 0.5) is 0 Å². The van der Waals surface area contributed by atoms with Gasteiger partial charge in [-0.15, -0.1) is 10.2 Å². The van der Waals surface area contributed by atoms with Crippen molar-refractivity contribution >= 4 is 29.3 Å². The minimum atomic E-state index is 0.0628. The van der Waals surface area contributed by atoms with Crippen molar-refractivity contribution in [2.45, 2.75) is 29.9 Å². The van der Waals surface area contributed by atoms with E-state index in [1.54, 1.807) is 0 Å². The number of ketones is 1. The van der Waals surface area contributed by atoms with Crippen LogP contribution >= 0.6 is 23.5 Å². The van der Waals surface area contributed by atoms with Crippen LogP contribution in [-0.2, 0) is 5.75 Å². The highest BCUT2D eigenvalue weighted by molar-refractivity contribution is 7.99. The molecule has 0 spiro atoms. The highest BCUT2D eigenvalue weighted by atomic mass is 32.2. The topological polar surface area (TPSA) is 73.6 Å². The SMILES string of the molecule is Cc1cc(C)nc(SCc2nnc(SCC(=O)c3ccccc3)n2-c2ccccc2)n1. The Hall–Kier alpha value is -2.97. The van der Waals surface area contributed by atoms with Gasteiger partial charge in [0, 0.05) is 22.6 Å². The van der Waals surface area contributed by atoms with Crippen molar-refractivity contribution in [1.82, 2.24) is 24.7 Å². The van der Waals surface area contributed by atoms with Crippen LogP contribution in [0, 0.1) is 13.8 Å². The number of Topliss-reactive ketones (excluding diaryl/α,β-unsaturated/α-hetero) is 1. The van der Waals surface area contributed by atoms with Crippen molar-refractivity contribution in [3.05, 3.63) is 89.5 Å². The largest absolute Gasteiger partial charge is 0.293 e. The minimum Gasteiger partial charge on any atom is -0.293 e. The Morgan fingerprint density at radius 3 is 2.19 bits per heavy atom. The molecule has 0 aliphatic carbocycles. The summed E-state index contributed by atoms with van der Waals surface area (Å²) in [6, 6.07) is 21.2. The van der Waals surface area contributed by atoms with E-state index in [2.05, 4.69) is 20.2 Å². The molecule has 0 aliphatic heterocycles. The van der Waals surface area contributed by atoms with Gasteiger partial charge < -0.3 is 0 Å². The summed E-state index contributed by atoms with van der Waals surface area (Å²) in [5, 5.41) is 10.2. The molecule has 0 saturated heterocycles. The van der Waals surface area contributed by atoms with Gasteiger partial charge in [0.1, 0.15) is 5.82 Å². The average molecular weight is 448 g/mol. The molecule has 31 heavy (non-hydrogen) atoms. The van der Waals surface area contributed by atoms with Gasteiger partial charge in [-0.2, -0.15) is 0 Å². The summed E-state index contributed by atoms with van der Waals surface area (Å²) < 4.78 is 2.00. The van der Waals surface area contributed by atoms with Crippen molar-refractivity contribution in [3.63, 3.8) is 0 Å². The third-order valence-corrected chi connectivity index (χ3v) is 6.21. The van der Waals surface area contributed by atoms with Crippen LogP contribution in [0.25, 0.3) is 5.69 Å². The summed E-state index contributed by atoms with van der Waals surface area (Å²) in [5.41, 5.74) is 3.54. The summed E-state index contributed by atoms with van der Waals surface area (Å²) in [5.74, 6) is 1.71. The maximum atomic E-state index is 12.5. The van der Waals surface area contributed by atoms with E-state index in [0.717, 1.165) is 22.9 Å². The molecule has 0 aliphatic rings. The van der Waals surface area contributed by atoms with E-state index in [-0.39, 0.29) is 5.78 Å². The molecule has 156 valence electrons. The van der Waals surface area contributed by atoms with E-state index < -0.39 is 0 Å². The van der Waals surface area contributed by atoms with Crippen LogP contribution in [0.1, 0.15) is 27.6 Å². The fourth-order valence-corrected chi connectivity index (χ4v) is 4.78. The molecule has 4 aromatic rings. The molecular weight excluding hydrogens is 426 g/mol. The van der Waals surface area contributed by atoms with E-state index in [0.29, 0.717) is 27.4 Å². The van der Waals surface area contributed by atoms with Gasteiger partial charge in [0.2, 0.25) is 0 Å². The van der Waals surface area contributed by atoms with Crippen molar-refractivity contribution < 1.29 is 4.79 Å². The Kier molecular flexibility index (Phi) is 6.79. The van der Waals surface area contributed by atoms with Gasteiger partial charge in [-0.3, -0.25) is 9.36 Å². The number of carbonyl (C=O) groups excluding carboxylic acids is 1. The van der Waals surface area contributed by atoms with E-state index >= 15 is 0 Å². The zero-order valence-corrected chi connectivity index (χ0v) is 18.9. The predicted octanol–water partition coefficient (Wildman–Crippen LogP) is 4.94. The first-order valence-electron chi connectivity index (χ1n) is 9.76. The number of aryl methyl sites for hydroxylation is 2. The lowest BCUT2D eigenvalue weighted by molar-refractivity contribution is 0.102. The molecule has 0 N–H and O–H groups in total. The third kappa shape index (κ3) is 5.39. The zero-order valence-electron chi connectivity index (χ0n) is 17.2. The highest BCUT2D eigenvalue weighted by Gasteiger charge is 2.17. The first-order chi connectivity index (χ1) is 15.1. The van der Waals surface area contributed by atoms with Gasteiger partial charge in [-0.05, 0) is 32.0 Å². The molecule has 0 unspecified atom stereocenters. The van der Waals surface area contributed by atoms with Crippen LogP contribution in [0.5, 0.6) is 0 Å². The molecule has 2 aromatic carbocycles. The summed E-state index contributed by atoms with van der Waals surface area (Å²) in [6.45, 7) is 3.92. The molecule has 8 heteroatoms. The van der Waals surface area contributed by atoms with Gasteiger partial charge in [-0.1, -0.05) is 72.1 Å². The fourth-order valence-electron chi connectivity index (χ4n) is 3.05. The summed E-state index contributed by atoms with van der Waals surface area (Å²) >= 11 is 2.92. The zero-order chi connectivity index (χ0) is 21.6. The van der Waals surface area contributed by atoms with Crippen molar-refractivity contribution in [2.75, 3.05) is 5.75 Å². The fraction of sp³-hybridized carbons (Fsp3) is 0.174. The number of carbonyl (C=O) groups is 1. The summed E-state index contributed by atoms with van der Waals surface area (Å²) in [7, 11) is 0. The molecule has 0 bridgehead atoms. The Morgan fingerprint density at radius 2 is 1.52 bits per heavy atom. The average Bonchev–Trinajstić information content (AvgIpc) is 3.19. The number of thioether (sulfide) groups is 2. The maximum Gasteiger partial charge on any atom is 0.196 e. The second-order valence-electron chi connectivity index (χ2n) is 6.87. The molecule has 2 heterocycles. The van der Waals surface area contributed by atoms with E-state index in [4.69, 9.17) is 0 Å². The third-order valence-electron chi connectivity index (χ3n) is 4.44. The second-order valence-corrected chi connectivity index (χ2v) is 8.75. The lowest BCUT2D eigenvalue weighted by atomic mass is 10.2. The molecule has 2 aromatic heterocycles. The summed E-state index contributed by atoms with van der Waals surface area (Å²) in [6.07, 6.45) is 0. The first kappa shape index (κ1) is 21.3. The lowest BCUT2D eigenvalue weighted by Gasteiger charge is -2.10. The van der Waals surface area contributed by atoms with Gasteiger partial charge in [-0.25, -0.2) is 9.97 Å². The highest BCUT2D eigenvalue weighted by Crippen LogP contribution is 2.26. The summed E-state index contributed by atoms with van der Waals surface area (Å²) in [4.78, 5) is 21.5. The Bertz CT molecular complexity index is 1160. The Morgan fingerprint density at radius 1 is 0.871 bits per heavy atom. The van der Waals surface area contributed by atoms with Gasteiger partial charge in [0.15, 0.2) is 16.1 Å². The van der Waals surface area contributed by atoms with Crippen molar-refractivity contribution in [2.24, 2.45) is 0 Å². The van der Waals surface area contributed by atoms with Gasteiger partial charge in [0.05, 0.1) is 11.5 Å². The quantitative estimate of drug-likeness (QED) is 0.215. The van der Waals surface area contributed by atoms with Crippen LogP contribution in [0.3, 0.4) is 0 Å². The maximum absolute atomic E-state index is 12.5. The van der Waals surface area contributed by atoms with Gasteiger partial charge in [0.25, 0.3) is 0 Å². The molecule has 0 radical (unpaired) electrons. The standard InChI is InChI=1S/C23H21N5OS2/c1-16-13-17(2)25-22(24-16)30-15-21-26-27-23(28(21)19-11-7-4-8-12-19)31-14-20(29)18-9-5-3-6-10-18/h3-13H,14-15H2,1-2H3. The number of para-hydroxylation sites is 1. The number of benzene rings is 2. The first-order valence-corrected chi connectivity index (χ1v) is 11.7. The van der Waals surface area contributed by atoms with Crippen molar-refractivity contribution in [1.29, 1.82) is 0 Å². The van der Waals surface area contributed by atoms with Crippen molar-refractivity contribution in [3.8, 4) is 5.69 Å². The Labute approximate surface area is 189 Å². The molecule has 0 amide bonds. The number of rotatable bonds is 8. The molecular formula is C23H21N5OS2. The van der Waals surface area contributed by atoms with Crippen LogP contribution in [0.2, 0.25) is 0 Å². The van der Waals surface area contributed by atoms with Crippen LogP contribution in [0.15, 0.2) is 77.0 Å². The Balaban J connectivity index is 1.56. The van der Waals surface area contributed by atoms with E-state index in [9.17, 15) is 4.79 Å². The van der Waals surface area contributed by atoms with Gasteiger partial charge >= 0.3 is 0 Å². The predicted molar refractivity (Wildman–Crippen MR) is 124 cm³/mol. The molecule has 0 atom stereocenters. The van der Waals surface area contributed by atoms with E-state index in [1.807, 2.05) is 85.1 Å². The van der Waals surface area contributed by atoms with E-state index in [1.165, 1.54) is 23.5 Å².